The van der Waals surface area contributed by atoms with E-state index >= 15 is 0 Å². The van der Waals surface area contributed by atoms with Crippen molar-refractivity contribution in [2.75, 3.05) is 18.6 Å². The predicted octanol–water partition coefficient (Wildman–Crippen LogP) is 2.55. The highest BCUT2D eigenvalue weighted by molar-refractivity contribution is 7.91. The molecule has 7 heteroatoms. The second kappa shape index (κ2) is 6.98. The molecule has 0 aliphatic carbocycles. The molecule has 6 nitrogen and oxygen atoms in total. The molecule has 0 N–H and O–H groups in total. The topological polar surface area (TPSA) is 72.9 Å². The average molecular weight is 387 g/mol. The Bertz CT molecular complexity index is 972. The molecule has 2 atom stereocenters. The van der Waals surface area contributed by atoms with Crippen LogP contribution in [-0.2, 0) is 21.1 Å². The van der Waals surface area contributed by atoms with E-state index in [9.17, 15) is 13.2 Å². The lowest BCUT2D eigenvalue weighted by molar-refractivity contribution is -0.0424. The Morgan fingerprint density at radius 2 is 2.00 bits per heavy atom. The number of cyclic esters (lactones) is 1. The fourth-order valence-corrected chi connectivity index (χ4v) is 5.54. The van der Waals surface area contributed by atoms with Crippen LogP contribution in [0.5, 0.6) is 5.75 Å². The maximum atomic E-state index is 12.3. The van der Waals surface area contributed by atoms with E-state index in [1.807, 2.05) is 41.3 Å². The number of nitrogens with zero attached hydrogens (tertiary/aromatic N) is 1. The maximum absolute atomic E-state index is 12.3. The van der Waals surface area contributed by atoms with Crippen LogP contribution in [-0.4, -0.2) is 43.9 Å². The molecule has 2 aromatic carbocycles. The zero-order chi connectivity index (χ0) is 19.0. The number of hydrogen-bond donors (Lipinski definition) is 0. The highest BCUT2D eigenvalue weighted by Crippen LogP contribution is 2.37. The first-order chi connectivity index (χ1) is 13.0. The van der Waals surface area contributed by atoms with Crippen LogP contribution in [0.25, 0.3) is 0 Å². The van der Waals surface area contributed by atoms with Gasteiger partial charge in [0.1, 0.15) is 5.75 Å². The lowest BCUT2D eigenvalue weighted by Crippen LogP contribution is -2.39. The van der Waals surface area contributed by atoms with E-state index in [-0.39, 0.29) is 23.5 Å². The second-order valence-corrected chi connectivity index (χ2v) is 9.15. The largest absolute Gasteiger partial charge is 0.497 e. The van der Waals surface area contributed by atoms with E-state index in [2.05, 4.69) is 0 Å². The van der Waals surface area contributed by atoms with Crippen LogP contribution < -0.4 is 4.74 Å². The van der Waals surface area contributed by atoms with Crippen molar-refractivity contribution < 1.29 is 22.7 Å². The summed E-state index contributed by atoms with van der Waals surface area (Å²) in [6, 6.07) is 14.7. The lowest BCUT2D eigenvalue weighted by Gasteiger charge is -2.33. The molecule has 2 aliphatic rings. The minimum absolute atomic E-state index is 0.0766. The molecule has 0 amide bonds. The molecular formula is C20H21NO5S. The minimum Gasteiger partial charge on any atom is -0.497 e. The summed E-state index contributed by atoms with van der Waals surface area (Å²) in [5.74, 6) is 0.601. The molecule has 4 rings (SSSR count). The Labute approximate surface area is 158 Å². The van der Waals surface area contributed by atoms with E-state index < -0.39 is 16.1 Å². The highest BCUT2D eigenvalue weighted by Gasteiger charge is 2.41. The standard InChI is InChI=1S/C20H21NO5S/c1-25-16-6-4-5-14(11-16)12-21(15-9-10-27(23,24)13-15)19-17-7-2-3-8-18(17)20(22)26-19/h2-8,11,15,19H,9-10,12-13H2,1H3. The number of esters is 1. The Kier molecular flexibility index (Phi) is 4.65. The van der Waals surface area contributed by atoms with Crippen LogP contribution in [0, 0.1) is 0 Å². The SMILES string of the molecule is COc1cccc(CN(C2CCS(=O)(=O)C2)C2OC(=O)c3ccccc32)c1. The summed E-state index contributed by atoms with van der Waals surface area (Å²) in [5.41, 5.74) is 2.30. The number of methoxy groups -OCH3 is 1. The van der Waals surface area contributed by atoms with Gasteiger partial charge in [0.05, 0.1) is 24.2 Å². The molecule has 0 aromatic heterocycles. The smallest absolute Gasteiger partial charge is 0.340 e. The number of carbonyl (C=O) groups is 1. The van der Waals surface area contributed by atoms with Crippen molar-refractivity contribution in [1.29, 1.82) is 0 Å². The maximum Gasteiger partial charge on any atom is 0.340 e. The molecule has 27 heavy (non-hydrogen) atoms. The number of benzene rings is 2. The summed E-state index contributed by atoms with van der Waals surface area (Å²) in [7, 11) is -1.47. The molecule has 0 spiro atoms. The average Bonchev–Trinajstić information content (AvgIpc) is 3.20. The van der Waals surface area contributed by atoms with Gasteiger partial charge in [-0.1, -0.05) is 30.3 Å². The fourth-order valence-electron chi connectivity index (χ4n) is 3.80. The van der Waals surface area contributed by atoms with Gasteiger partial charge in [-0.15, -0.1) is 0 Å². The van der Waals surface area contributed by atoms with Gasteiger partial charge in [-0.3, -0.25) is 4.90 Å². The third-order valence-corrected chi connectivity index (χ3v) is 6.89. The Hall–Kier alpha value is -2.38. The third-order valence-electron chi connectivity index (χ3n) is 5.14. The molecule has 0 radical (unpaired) electrons. The summed E-state index contributed by atoms with van der Waals surface area (Å²) in [6.07, 6.45) is -0.0547. The van der Waals surface area contributed by atoms with Gasteiger partial charge < -0.3 is 9.47 Å². The zero-order valence-corrected chi connectivity index (χ0v) is 15.8. The van der Waals surface area contributed by atoms with Crippen LogP contribution in [0.15, 0.2) is 48.5 Å². The van der Waals surface area contributed by atoms with Gasteiger partial charge in [-0.25, -0.2) is 13.2 Å². The number of ether oxygens (including phenoxy) is 2. The fraction of sp³-hybridized carbons (Fsp3) is 0.350. The summed E-state index contributed by atoms with van der Waals surface area (Å²) in [4.78, 5) is 14.3. The van der Waals surface area contributed by atoms with Crippen LogP contribution in [0.4, 0.5) is 0 Å². The number of sulfone groups is 1. The molecule has 2 aromatic rings. The summed E-state index contributed by atoms with van der Waals surface area (Å²) >= 11 is 0. The third kappa shape index (κ3) is 3.57. The molecule has 2 heterocycles. The number of rotatable bonds is 5. The van der Waals surface area contributed by atoms with Gasteiger partial charge in [0.15, 0.2) is 16.1 Å². The Balaban J connectivity index is 1.70. The van der Waals surface area contributed by atoms with Crippen molar-refractivity contribution in [2.24, 2.45) is 0 Å². The van der Waals surface area contributed by atoms with Crippen molar-refractivity contribution in [2.45, 2.75) is 25.2 Å². The van der Waals surface area contributed by atoms with E-state index in [0.29, 0.717) is 18.5 Å². The Morgan fingerprint density at radius 3 is 2.74 bits per heavy atom. The zero-order valence-electron chi connectivity index (χ0n) is 15.0. The first-order valence-corrected chi connectivity index (χ1v) is 10.7. The first kappa shape index (κ1) is 18.0. The summed E-state index contributed by atoms with van der Waals surface area (Å²) < 4.78 is 35.1. The van der Waals surface area contributed by atoms with E-state index in [0.717, 1.165) is 16.9 Å². The number of carbonyl (C=O) groups excluding carboxylic acids is 1. The first-order valence-electron chi connectivity index (χ1n) is 8.86. The van der Waals surface area contributed by atoms with Crippen LogP contribution in [0.1, 0.15) is 34.1 Å². The van der Waals surface area contributed by atoms with Gasteiger partial charge in [-0.05, 0) is 30.2 Å². The molecule has 2 unspecified atom stereocenters. The van der Waals surface area contributed by atoms with E-state index in [1.54, 1.807) is 19.2 Å². The molecule has 2 aliphatic heterocycles. The molecule has 0 bridgehead atoms. The van der Waals surface area contributed by atoms with Crippen molar-refractivity contribution in [3.63, 3.8) is 0 Å². The monoisotopic (exact) mass is 387 g/mol. The summed E-state index contributed by atoms with van der Waals surface area (Å²) in [5, 5.41) is 0. The van der Waals surface area contributed by atoms with Crippen LogP contribution in [0.2, 0.25) is 0 Å². The van der Waals surface area contributed by atoms with E-state index in [4.69, 9.17) is 9.47 Å². The lowest BCUT2D eigenvalue weighted by atomic mass is 10.1. The Morgan fingerprint density at radius 1 is 1.19 bits per heavy atom. The number of hydrogen-bond acceptors (Lipinski definition) is 6. The molecule has 142 valence electrons. The van der Waals surface area contributed by atoms with Gasteiger partial charge in [0, 0.05) is 18.2 Å². The minimum atomic E-state index is -3.07. The highest BCUT2D eigenvalue weighted by atomic mass is 32.2. The molecule has 1 fully saturated rings. The van der Waals surface area contributed by atoms with E-state index in [1.165, 1.54) is 0 Å². The van der Waals surface area contributed by atoms with Crippen LogP contribution >= 0.6 is 0 Å². The summed E-state index contributed by atoms with van der Waals surface area (Å²) in [6.45, 7) is 0.462. The van der Waals surface area contributed by atoms with Crippen molar-refractivity contribution >= 4 is 15.8 Å². The van der Waals surface area contributed by atoms with Crippen molar-refractivity contribution in [3.8, 4) is 5.75 Å². The molecule has 0 saturated carbocycles. The van der Waals surface area contributed by atoms with Crippen molar-refractivity contribution in [3.05, 3.63) is 65.2 Å². The molecular weight excluding hydrogens is 366 g/mol. The van der Waals surface area contributed by atoms with Crippen LogP contribution in [0.3, 0.4) is 0 Å². The normalized spacial score (nSPS) is 23.3. The van der Waals surface area contributed by atoms with Crippen molar-refractivity contribution in [1.82, 2.24) is 4.90 Å². The predicted molar refractivity (Wildman–Crippen MR) is 100 cm³/mol. The van der Waals surface area contributed by atoms with Gasteiger partial charge in [-0.2, -0.15) is 0 Å². The van der Waals surface area contributed by atoms with Gasteiger partial charge in [0.25, 0.3) is 0 Å². The number of fused-ring (bicyclic) bond motifs is 1. The van der Waals surface area contributed by atoms with Gasteiger partial charge >= 0.3 is 5.97 Å². The molecule has 1 saturated heterocycles. The quantitative estimate of drug-likeness (QED) is 0.734. The second-order valence-electron chi connectivity index (χ2n) is 6.93. The van der Waals surface area contributed by atoms with Gasteiger partial charge in [0.2, 0.25) is 0 Å².